The second-order valence-electron chi connectivity index (χ2n) is 2.98. The van der Waals surface area contributed by atoms with E-state index in [4.69, 9.17) is 0 Å². The second kappa shape index (κ2) is 5.17. The van der Waals surface area contributed by atoms with Gasteiger partial charge in [0.15, 0.2) is 5.78 Å². The van der Waals surface area contributed by atoms with Gasteiger partial charge in [0.05, 0.1) is 6.54 Å². The van der Waals surface area contributed by atoms with Crippen molar-refractivity contribution in [1.29, 1.82) is 0 Å². The summed E-state index contributed by atoms with van der Waals surface area (Å²) >= 11 is 0. The predicted octanol–water partition coefficient (Wildman–Crippen LogP) is 1.98. The molecule has 0 unspecified atom stereocenters. The van der Waals surface area contributed by atoms with Gasteiger partial charge in [-0.15, -0.1) is 0 Å². The number of hydrogen-bond donors (Lipinski definition) is 1. The summed E-state index contributed by atoms with van der Waals surface area (Å²) in [5.74, 6) is 0.0887. The average Bonchev–Trinajstić information content (AvgIpc) is 2.19. The van der Waals surface area contributed by atoms with Gasteiger partial charge < -0.3 is 5.43 Å². The minimum absolute atomic E-state index is 0.0887. The average molecular weight is 190 g/mol. The Balaban J connectivity index is 2.68. The van der Waals surface area contributed by atoms with E-state index in [9.17, 15) is 4.79 Å². The van der Waals surface area contributed by atoms with Crippen molar-refractivity contribution < 1.29 is 4.79 Å². The van der Waals surface area contributed by atoms with Crippen LogP contribution in [0.4, 0.5) is 0 Å². The summed E-state index contributed by atoms with van der Waals surface area (Å²) in [5, 5.41) is 3.88. The first-order valence-electron chi connectivity index (χ1n) is 4.54. The molecule has 0 aliphatic carbocycles. The number of rotatable bonds is 4. The monoisotopic (exact) mass is 190 g/mol. The van der Waals surface area contributed by atoms with Crippen molar-refractivity contribution in [2.24, 2.45) is 5.10 Å². The molecule has 0 amide bonds. The smallest absolute Gasteiger partial charge is 0.159 e. The van der Waals surface area contributed by atoms with Gasteiger partial charge >= 0.3 is 0 Å². The number of nitrogens with zero attached hydrogens (tertiary/aromatic N) is 1. The molecule has 0 heterocycles. The van der Waals surface area contributed by atoms with E-state index in [2.05, 4.69) is 10.5 Å². The van der Waals surface area contributed by atoms with E-state index in [1.807, 2.05) is 31.2 Å². The van der Waals surface area contributed by atoms with Crippen LogP contribution in [0.15, 0.2) is 29.4 Å². The maximum absolute atomic E-state index is 11.1. The number of ketones is 1. The fraction of sp³-hybridized carbons (Fsp3) is 0.273. The van der Waals surface area contributed by atoms with Crippen LogP contribution in [0.25, 0.3) is 0 Å². The van der Waals surface area contributed by atoms with Crippen LogP contribution in [0.2, 0.25) is 0 Å². The standard InChI is InChI=1S/C11H14N2O/c1-3-12-13-8-10-5-4-6-11(7-10)9(2)14/h3-7,13H,8H2,1-2H3/b12-3-. The lowest BCUT2D eigenvalue weighted by molar-refractivity contribution is 0.101. The van der Waals surface area contributed by atoms with Crippen LogP contribution in [0.5, 0.6) is 0 Å². The largest absolute Gasteiger partial charge is 0.306 e. The molecule has 0 aromatic heterocycles. The lowest BCUT2D eigenvalue weighted by Gasteiger charge is -2.02. The first kappa shape index (κ1) is 10.4. The molecule has 0 aliphatic heterocycles. The maximum atomic E-state index is 11.1. The number of benzene rings is 1. The van der Waals surface area contributed by atoms with Crippen molar-refractivity contribution >= 4 is 12.0 Å². The molecule has 0 fully saturated rings. The highest BCUT2D eigenvalue weighted by molar-refractivity contribution is 5.94. The van der Waals surface area contributed by atoms with E-state index in [-0.39, 0.29) is 5.78 Å². The minimum Gasteiger partial charge on any atom is -0.306 e. The summed E-state index contributed by atoms with van der Waals surface area (Å²) in [7, 11) is 0. The SMILES string of the molecule is C/C=N\NCc1cccc(C(C)=O)c1. The number of hydrazone groups is 1. The molecule has 1 aromatic carbocycles. The first-order valence-corrected chi connectivity index (χ1v) is 4.54. The van der Waals surface area contributed by atoms with Crippen LogP contribution in [0, 0.1) is 0 Å². The summed E-state index contributed by atoms with van der Waals surface area (Å²) < 4.78 is 0. The van der Waals surface area contributed by atoms with Gasteiger partial charge in [0.25, 0.3) is 0 Å². The fourth-order valence-corrected chi connectivity index (χ4v) is 1.13. The minimum atomic E-state index is 0.0887. The maximum Gasteiger partial charge on any atom is 0.159 e. The summed E-state index contributed by atoms with van der Waals surface area (Å²) in [4.78, 5) is 11.1. The lowest BCUT2D eigenvalue weighted by Crippen LogP contribution is -2.05. The molecule has 1 aromatic rings. The third-order valence-corrected chi connectivity index (χ3v) is 1.84. The number of nitrogens with one attached hydrogen (secondary N) is 1. The van der Waals surface area contributed by atoms with Crippen molar-refractivity contribution in [2.45, 2.75) is 20.4 Å². The molecule has 1 rings (SSSR count). The highest BCUT2D eigenvalue weighted by Gasteiger charge is 1.99. The summed E-state index contributed by atoms with van der Waals surface area (Å²) in [6.07, 6.45) is 1.69. The zero-order valence-corrected chi connectivity index (χ0v) is 8.45. The molecule has 0 aliphatic rings. The molecule has 74 valence electrons. The zero-order valence-electron chi connectivity index (χ0n) is 8.45. The van der Waals surface area contributed by atoms with Gasteiger partial charge in [-0.1, -0.05) is 18.2 Å². The van der Waals surface area contributed by atoms with Gasteiger partial charge in [0, 0.05) is 11.8 Å². The molecule has 0 spiro atoms. The Morgan fingerprint density at radius 3 is 3.00 bits per heavy atom. The van der Waals surface area contributed by atoms with Gasteiger partial charge in [-0.25, -0.2) is 0 Å². The molecule has 3 heteroatoms. The summed E-state index contributed by atoms with van der Waals surface area (Å²) in [5.41, 5.74) is 4.67. The molecule has 0 saturated heterocycles. The fourth-order valence-electron chi connectivity index (χ4n) is 1.13. The van der Waals surface area contributed by atoms with Gasteiger partial charge in [-0.2, -0.15) is 5.10 Å². The van der Waals surface area contributed by atoms with Crippen molar-refractivity contribution in [1.82, 2.24) is 5.43 Å². The highest BCUT2D eigenvalue weighted by atomic mass is 16.1. The van der Waals surface area contributed by atoms with Crippen molar-refractivity contribution in [3.8, 4) is 0 Å². The van der Waals surface area contributed by atoms with Crippen molar-refractivity contribution in [3.05, 3.63) is 35.4 Å². The third-order valence-electron chi connectivity index (χ3n) is 1.84. The molecular weight excluding hydrogens is 176 g/mol. The first-order chi connectivity index (χ1) is 6.74. The molecule has 0 atom stereocenters. The second-order valence-corrected chi connectivity index (χ2v) is 2.98. The van der Waals surface area contributed by atoms with Gasteiger partial charge in [0.1, 0.15) is 0 Å². The van der Waals surface area contributed by atoms with E-state index < -0.39 is 0 Å². The Bertz CT molecular complexity index is 345. The third kappa shape index (κ3) is 3.01. The summed E-state index contributed by atoms with van der Waals surface area (Å²) in [6, 6.07) is 7.53. The predicted molar refractivity (Wildman–Crippen MR) is 57.5 cm³/mol. The van der Waals surface area contributed by atoms with E-state index in [1.54, 1.807) is 13.1 Å². The number of hydrogen-bond acceptors (Lipinski definition) is 3. The molecule has 0 saturated carbocycles. The van der Waals surface area contributed by atoms with Crippen molar-refractivity contribution in [2.75, 3.05) is 0 Å². The van der Waals surface area contributed by atoms with E-state index in [1.165, 1.54) is 0 Å². The molecular formula is C11H14N2O. The molecule has 0 bridgehead atoms. The van der Waals surface area contributed by atoms with Gasteiger partial charge in [0.2, 0.25) is 0 Å². The van der Waals surface area contributed by atoms with Crippen LogP contribution in [0.3, 0.4) is 0 Å². The van der Waals surface area contributed by atoms with Gasteiger partial charge in [-0.05, 0) is 25.5 Å². The Morgan fingerprint density at radius 2 is 2.36 bits per heavy atom. The normalized spacial score (nSPS) is 10.4. The number of carbonyl (C=O) groups excluding carboxylic acids is 1. The quantitative estimate of drug-likeness (QED) is 0.448. The van der Waals surface area contributed by atoms with E-state index >= 15 is 0 Å². The van der Waals surface area contributed by atoms with Crippen LogP contribution in [-0.2, 0) is 6.54 Å². The molecule has 3 nitrogen and oxygen atoms in total. The Labute approximate surface area is 83.8 Å². The van der Waals surface area contributed by atoms with Crippen LogP contribution in [0.1, 0.15) is 29.8 Å². The Morgan fingerprint density at radius 1 is 1.57 bits per heavy atom. The van der Waals surface area contributed by atoms with Gasteiger partial charge in [-0.3, -0.25) is 4.79 Å². The van der Waals surface area contributed by atoms with E-state index in [0.29, 0.717) is 6.54 Å². The van der Waals surface area contributed by atoms with Crippen LogP contribution in [-0.4, -0.2) is 12.0 Å². The van der Waals surface area contributed by atoms with Crippen molar-refractivity contribution in [3.63, 3.8) is 0 Å². The van der Waals surface area contributed by atoms with Crippen LogP contribution >= 0.6 is 0 Å². The number of Topliss-reactive ketones (excluding diaryl/α,β-unsaturated/α-hetero) is 1. The molecule has 14 heavy (non-hydrogen) atoms. The summed E-state index contributed by atoms with van der Waals surface area (Å²) in [6.45, 7) is 4.06. The topological polar surface area (TPSA) is 41.5 Å². The van der Waals surface area contributed by atoms with E-state index in [0.717, 1.165) is 11.1 Å². The number of carbonyl (C=O) groups is 1. The molecule has 1 N–H and O–H groups in total. The Hall–Kier alpha value is -1.64. The molecule has 0 radical (unpaired) electrons. The Kier molecular flexibility index (Phi) is 3.85. The lowest BCUT2D eigenvalue weighted by atomic mass is 10.1. The van der Waals surface area contributed by atoms with Crippen LogP contribution < -0.4 is 5.43 Å². The highest BCUT2D eigenvalue weighted by Crippen LogP contribution is 2.05. The zero-order chi connectivity index (χ0) is 10.4.